The number of aliphatic hydroxyl groups excluding tert-OH is 2. The normalized spacial score (nSPS) is 34.9. The molecule has 17 nitrogen and oxygen atoms in total. The van der Waals surface area contributed by atoms with E-state index >= 15 is 0 Å². The van der Waals surface area contributed by atoms with E-state index in [9.17, 15) is 29.7 Å². The van der Waals surface area contributed by atoms with Crippen molar-refractivity contribution in [2.75, 3.05) is 27.7 Å². The number of rotatable bonds is 15. The summed E-state index contributed by atoms with van der Waals surface area (Å²) in [6.07, 6.45) is -1.41. The number of benzene rings is 1. The molecule has 0 spiro atoms. The highest BCUT2D eigenvalue weighted by Gasteiger charge is 2.52. The zero-order valence-electron chi connectivity index (χ0n) is 40.7. The van der Waals surface area contributed by atoms with Crippen molar-refractivity contribution in [3.63, 3.8) is 0 Å². The lowest BCUT2D eigenvalue weighted by atomic mass is 9.82. The number of aliphatic hydroxyl groups is 3. The summed E-state index contributed by atoms with van der Waals surface area (Å²) in [6.45, 7) is 13.5. The molecule has 15 atom stereocenters. The second-order valence-corrected chi connectivity index (χ2v) is 20.0. The third-order valence-electron chi connectivity index (χ3n) is 12.7. The van der Waals surface area contributed by atoms with Crippen molar-refractivity contribution in [2.24, 2.45) is 17.8 Å². The second kappa shape index (κ2) is 25.4. The topological polar surface area (TPSA) is 218 Å². The molecule has 1 aromatic heterocycles. The van der Waals surface area contributed by atoms with Crippen molar-refractivity contribution in [1.29, 1.82) is 0 Å². The Morgan fingerprint density at radius 1 is 1.01 bits per heavy atom. The molecule has 2 aromatic rings. The summed E-state index contributed by atoms with van der Waals surface area (Å²) in [5.74, 6) is -2.05. The maximum absolute atomic E-state index is 13.6. The molecular weight excluding hydrogens is 885 g/mol. The van der Waals surface area contributed by atoms with Crippen molar-refractivity contribution in [3.05, 3.63) is 60.3 Å². The Labute approximate surface area is 399 Å². The van der Waals surface area contributed by atoms with E-state index in [1.54, 1.807) is 65.0 Å². The predicted molar refractivity (Wildman–Crippen MR) is 250 cm³/mol. The molecule has 67 heavy (non-hydrogen) atoms. The summed E-state index contributed by atoms with van der Waals surface area (Å²) in [5.41, 5.74) is 0.578. The molecule has 3 aliphatic heterocycles. The van der Waals surface area contributed by atoms with Gasteiger partial charge < -0.3 is 58.7 Å². The van der Waals surface area contributed by atoms with Crippen molar-refractivity contribution < 1.29 is 62.9 Å². The fraction of sp³-hybridized carbons (Fsp3) is 0.694. The third kappa shape index (κ3) is 15.5. The van der Waals surface area contributed by atoms with Gasteiger partial charge in [-0.1, -0.05) is 67.8 Å². The number of methoxy groups -OCH3 is 1. The first kappa shape index (κ1) is 54.4. The minimum absolute atomic E-state index is 0.0268. The number of likely N-dealkylation sites (N-methyl/N-ethyl adjacent to an activating group) is 1. The molecule has 374 valence electrons. The van der Waals surface area contributed by atoms with Gasteiger partial charge in [0, 0.05) is 38.8 Å². The van der Waals surface area contributed by atoms with Crippen LogP contribution in [0.5, 0.6) is 0 Å². The molecule has 3 aliphatic rings. The van der Waals surface area contributed by atoms with E-state index in [4.69, 9.17) is 33.2 Å². The van der Waals surface area contributed by atoms with E-state index in [-0.39, 0.29) is 24.5 Å². The van der Waals surface area contributed by atoms with Crippen LogP contribution in [0.25, 0.3) is 10.4 Å². The minimum Gasteiger partial charge on any atom is -0.462 e. The van der Waals surface area contributed by atoms with Crippen LogP contribution in [0.3, 0.4) is 0 Å². The average molecular weight is 959 g/mol. The number of ketones is 1. The van der Waals surface area contributed by atoms with Crippen molar-refractivity contribution in [1.82, 2.24) is 19.8 Å². The number of nitrogens with zero attached hydrogens (tertiary/aromatic N) is 3. The summed E-state index contributed by atoms with van der Waals surface area (Å²) < 4.78 is 47.4. The number of carbonyl (C=O) groups is 3. The van der Waals surface area contributed by atoms with Crippen LogP contribution in [0.1, 0.15) is 92.6 Å². The van der Waals surface area contributed by atoms with Gasteiger partial charge in [-0.05, 0) is 102 Å². The van der Waals surface area contributed by atoms with Crippen LogP contribution >= 0.6 is 11.5 Å². The number of carbonyl (C=O) groups excluding carboxylic acids is 3. The molecule has 0 radical (unpaired) electrons. The molecule has 4 N–H and O–H groups in total. The van der Waals surface area contributed by atoms with Gasteiger partial charge in [0.1, 0.15) is 30.0 Å². The summed E-state index contributed by atoms with van der Waals surface area (Å²) in [6, 6.07) is 7.36. The smallest absolute Gasteiger partial charge is 0.308 e. The number of esters is 2. The van der Waals surface area contributed by atoms with E-state index < -0.39 is 109 Å². The van der Waals surface area contributed by atoms with E-state index in [1.165, 1.54) is 24.7 Å². The number of hydrogen-bond donors (Lipinski definition) is 4. The SMILES string of the molecule is CO[C@@H]1[C@@H](O[C@@H]2O[C@H](C)[C@@H](O[C@H]3C[C@@](C)(O)[C@@H](OC(=O)CC(C)C)[C@H](C)O3)[C@H](N(C)C)[C@H]2O)[C@@H](CCNCc2ccc(-c3cnns3)cc2)C[C@@H](C)C(=O)C=CC=CC[C@@H](C)OC(=O)C[C@@H]1O. The van der Waals surface area contributed by atoms with E-state index in [2.05, 4.69) is 14.9 Å². The molecule has 0 unspecified atom stereocenters. The molecule has 2 saturated heterocycles. The Balaban J connectivity index is 1.40. The highest BCUT2D eigenvalue weighted by atomic mass is 32.1. The number of nitrogens with one attached hydrogen (secondary N) is 1. The fourth-order valence-electron chi connectivity index (χ4n) is 9.21. The molecule has 0 aliphatic carbocycles. The standard InChI is InChI=1S/C49H74N4O13S/c1-28(2)22-39(56)64-47-32(6)62-41(25-49(47,7)59)65-44-31(5)63-48(43(58)42(44)53(8)9)66-45-35(20-21-50-26-33-16-18-34(19-17-33)38-27-51-52-67-38)23-29(3)36(54)15-13-11-12-14-30(4)61-40(57)24-37(55)46(45)60-10/h11-13,15-19,27-32,35,37,41-48,50,55,58-59H,14,20-26H2,1-10H3/t29-,30-,31-,32+,35+,37+,41+,42-,43-,44-,45+,46+,47+,48+,49-/m1/s1. The molecule has 5 rings (SSSR count). The zero-order valence-corrected chi connectivity index (χ0v) is 41.5. The Kier molecular flexibility index (Phi) is 20.6. The molecule has 0 amide bonds. The Hall–Kier alpha value is -3.53. The first-order valence-corrected chi connectivity index (χ1v) is 24.3. The Morgan fingerprint density at radius 2 is 1.75 bits per heavy atom. The third-order valence-corrected chi connectivity index (χ3v) is 13.4. The Morgan fingerprint density at radius 3 is 2.39 bits per heavy atom. The lowest BCUT2D eigenvalue weighted by Crippen LogP contribution is -2.66. The summed E-state index contributed by atoms with van der Waals surface area (Å²) >= 11 is 1.33. The number of ether oxygens (including phenoxy) is 7. The second-order valence-electron chi connectivity index (χ2n) is 19.2. The lowest BCUT2D eigenvalue weighted by Gasteiger charge is -2.50. The van der Waals surface area contributed by atoms with E-state index in [0.29, 0.717) is 32.4 Å². The van der Waals surface area contributed by atoms with Gasteiger partial charge in [0.15, 0.2) is 24.5 Å². The van der Waals surface area contributed by atoms with Crippen LogP contribution in [-0.4, -0.2) is 154 Å². The highest BCUT2D eigenvalue weighted by Crippen LogP contribution is 2.38. The summed E-state index contributed by atoms with van der Waals surface area (Å²) in [5, 5.41) is 43.1. The summed E-state index contributed by atoms with van der Waals surface area (Å²) in [7, 11) is 5.00. The van der Waals surface area contributed by atoms with Crippen LogP contribution in [0, 0.1) is 17.8 Å². The van der Waals surface area contributed by atoms with Gasteiger partial charge in [0.05, 0.1) is 48.0 Å². The van der Waals surface area contributed by atoms with Gasteiger partial charge in [-0.15, -0.1) is 5.10 Å². The molecule has 0 bridgehead atoms. The van der Waals surface area contributed by atoms with Gasteiger partial charge in [-0.2, -0.15) is 0 Å². The highest BCUT2D eigenvalue weighted by molar-refractivity contribution is 7.09. The van der Waals surface area contributed by atoms with Crippen molar-refractivity contribution >= 4 is 29.3 Å². The van der Waals surface area contributed by atoms with Gasteiger partial charge in [0.2, 0.25) is 0 Å². The van der Waals surface area contributed by atoms with Gasteiger partial charge in [-0.25, -0.2) is 0 Å². The molecule has 2 fully saturated rings. The molecule has 1 aromatic carbocycles. The van der Waals surface area contributed by atoms with Gasteiger partial charge in [0.25, 0.3) is 0 Å². The largest absolute Gasteiger partial charge is 0.462 e. The number of aromatic nitrogens is 2. The number of hydrogen-bond acceptors (Lipinski definition) is 18. The first-order chi connectivity index (χ1) is 31.8. The quantitative estimate of drug-likeness (QED) is 0.140. The van der Waals surface area contributed by atoms with Crippen LogP contribution in [-0.2, 0) is 54.1 Å². The monoisotopic (exact) mass is 958 g/mol. The molecule has 4 heterocycles. The van der Waals surface area contributed by atoms with Crippen LogP contribution in [0.15, 0.2) is 54.8 Å². The van der Waals surface area contributed by atoms with Crippen LogP contribution < -0.4 is 5.32 Å². The maximum Gasteiger partial charge on any atom is 0.308 e. The minimum atomic E-state index is -1.49. The number of allylic oxidation sites excluding steroid dienone is 3. The van der Waals surface area contributed by atoms with Crippen molar-refractivity contribution in [2.45, 2.75) is 173 Å². The van der Waals surface area contributed by atoms with Crippen LogP contribution in [0.4, 0.5) is 0 Å². The molecule has 0 saturated carbocycles. The zero-order chi connectivity index (χ0) is 49.0. The molecular formula is C49H74N4O13S. The number of cyclic esters (lactones) is 1. The van der Waals surface area contributed by atoms with E-state index in [0.717, 1.165) is 16.0 Å². The van der Waals surface area contributed by atoms with Gasteiger partial charge in [-0.3, -0.25) is 14.4 Å². The fourth-order valence-corrected chi connectivity index (χ4v) is 9.72. The lowest BCUT2D eigenvalue weighted by molar-refractivity contribution is -0.344. The van der Waals surface area contributed by atoms with Gasteiger partial charge >= 0.3 is 11.9 Å². The Bertz CT molecular complexity index is 1910. The van der Waals surface area contributed by atoms with Crippen LogP contribution in [0.2, 0.25) is 0 Å². The maximum atomic E-state index is 13.6. The van der Waals surface area contributed by atoms with E-state index in [1.807, 2.05) is 51.1 Å². The first-order valence-electron chi connectivity index (χ1n) is 23.5. The predicted octanol–water partition coefficient (Wildman–Crippen LogP) is 4.76. The summed E-state index contributed by atoms with van der Waals surface area (Å²) in [4.78, 5) is 42.2. The van der Waals surface area contributed by atoms with Crippen molar-refractivity contribution in [3.8, 4) is 10.4 Å². The average Bonchev–Trinajstić information content (AvgIpc) is 3.79. The molecule has 18 heteroatoms.